The number of carbonyl (C=O) groups is 2. The maximum absolute atomic E-state index is 12.3. The lowest BCUT2D eigenvalue weighted by Gasteiger charge is -2.29. The van der Waals surface area contributed by atoms with Crippen LogP contribution in [0, 0.1) is 0 Å². The van der Waals surface area contributed by atoms with E-state index in [1.165, 1.54) is 17.4 Å². The van der Waals surface area contributed by atoms with Crippen LogP contribution in [0.3, 0.4) is 0 Å². The van der Waals surface area contributed by atoms with Crippen molar-refractivity contribution in [1.29, 1.82) is 0 Å². The first kappa shape index (κ1) is 17.8. The number of hydrogen-bond donors (Lipinski definition) is 2. The molecule has 1 aromatic rings. The van der Waals surface area contributed by atoms with Crippen molar-refractivity contribution in [3.8, 4) is 0 Å². The number of thiophene rings is 1. The van der Waals surface area contributed by atoms with Crippen LogP contribution in [0.25, 0.3) is 6.08 Å². The van der Waals surface area contributed by atoms with Crippen LogP contribution < -0.4 is 5.32 Å². The molecule has 0 atom stereocenters. The van der Waals surface area contributed by atoms with Crippen molar-refractivity contribution in [2.45, 2.75) is 31.4 Å². The summed E-state index contributed by atoms with van der Waals surface area (Å²) in [5, 5.41) is 13.4. The maximum atomic E-state index is 12.3. The number of carboxylic acids is 1. The molecule has 0 bridgehead atoms. The number of rotatable bonds is 8. The van der Waals surface area contributed by atoms with Crippen LogP contribution in [0.4, 0.5) is 0 Å². The van der Waals surface area contributed by atoms with E-state index in [9.17, 15) is 9.59 Å². The molecule has 0 saturated heterocycles. The molecule has 1 heterocycles. The number of nitrogens with one attached hydrogen (secondary N) is 1. The Labute approximate surface area is 133 Å². The number of amides is 1. The van der Waals surface area contributed by atoms with Crippen LogP contribution in [-0.2, 0) is 4.79 Å². The minimum absolute atomic E-state index is 0.0595. The molecule has 1 amide bonds. The lowest BCUT2D eigenvalue weighted by Crippen LogP contribution is -2.39. The number of aliphatic carboxylic acids is 1. The van der Waals surface area contributed by atoms with Gasteiger partial charge in [-0.25, -0.2) is 4.79 Å². The quantitative estimate of drug-likeness (QED) is 0.717. The minimum Gasteiger partial charge on any atom is -0.478 e. The van der Waals surface area contributed by atoms with E-state index in [2.05, 4.69) is 25.4 Å². The van der Waals surface area contributed by atoms with Gasteiger partial charge in [0.1, 0.15) is 0 Å². The summed E-state index contributed by atoms with van der Waals surface area (Å²) in [6.07, 6.45) is 6.53. The van der Waals surface area contributed by atoms with Gasteiger partial charge < -0.3 is 10.4 Å². The van der Waals surface area contributed by atoms with Gasteiger partial charge in [-0.3, -0.25) is 4.79 Å². The Morgan fingerprint density at radius 1 is 1.43 bits per heavy atom. The highest BCUT2D eigenvalue weighted by atomic mass is 32.2. The maximum Gasteiger partial charge on any atom is 0.328 e. The molecule has 21 heavy (non-hydrogen) atoms. The summed E-state index contributed by atoms with van der Waals surface area (Å²) in [4.78, 5) is 23.4. The van der Waals surface area contributed by atoms with Crippen molar-refractivity contribution in [3.05, 3.63) is 28.0 Å². The molecule has 0 unspecified atom stereocenters. The van der Waals surface area contributed by atoms with E-state index in [-0.39, 0.29) is 10.7 Å². The Morgan fingerprint density at radius 2 is 2.10 bits per heavy atom. The van der Waals surface area contributed by atoms with Crippen molar-refractivity contribution >= 4 is 41.1 Å². The number of carboxylic acid groups (broad SMARTS) is 1. The van der Waals surface area contributed by atoms with Crippen LogP contribution in [0.15, 0.2) is 17.5 Å². The third kappa shape index (κ3) is 4.89. The summed E-state index contributed by atoms with van der Waals surface area (Å²) in [5.74, 6) is -1.17. The molecule has 0 aromatic carbocycles. The van der Waals surface area contributed by atoms with Crippen LogP contribution in [0.1, 0.15) is 41.9 Å². The molecule has 0 saturated carbocycles. The molecule has 4 nitrogen and oxygen atoms in total. The standard InChI is InChI=1S/C15H21NO3S2/c1-4-15(5-2,20-3)10-16-14(19)13-11(8-9-21-13)6-7-12(17)18/h6-9H,4-5,10H2,1-3H3,(H,16,19)(H,17,18)/b7-6+. The van der Waals surface area contributed by atoms with Gasteiger partial charge >= 0.3 is 5.97 Å². The van der Waals surface area contributed by atoms with Crippen molar-refractivity contribution in [2.24, 2.45) is 0 Å². The highest BCUT2D eigenvalue weighted by Crippen LogP contribution is 2.29. The van der Waals surface area contributed by atoms with E-state index in [1.807, 2.05) is 0 Å². The average molecular weight is 327 g/mol. The zero-order valence-electron chi connectivity index (χ0n) is 12.5. The monoisotopic (exact) mass is 327 g/mol. The molecule has 116 valence electrons. The fourth-order valence-electron chi connectivity index (χ4n) is 1.98. The van der Waals surface area contributed by atoms with Gasteiger partial charge in [0.2, 0.25) is 0 Å². The first-order chi connectivity index (χ1) is 9.98. The summed E-state index contributed by atoms with van der Waals surface area (Å²) in [6.45, 7) is 4.86. The van der Waals surface area contributed by atoms with Crippen LogP contribution in [-0.4, -0.2) is 34.5 Å². The highest BCUT2D eigenvalue weighted by Gasteiger charge is 2.26. The fourth-order valence-corrected chi connectivity index (χ4v) is 3.57. The molecule has 6 heteroatoms. The van der Waals surface area contributed by atoms with Gasteiger partial charge in [0.25, 0.3) is 5.91 Å². The molecule has 0 spiro atoms. The van der Waals surface area contributed by atoms with Gasteiger partial charge in [0, 0.05) is 17.4 Å². The molecule has 0 radical (unpaired) electrons. The minimum atomic E-state index is -1.02. The first-order valence-corrected chi connectivity index (χ1v) is 8.90. The predicted molar refractivity (Wildman–Crippen MR) is 90.2 cm³/mol. The lowest BCUT2D eigenvalue weighted by molar-refractivity contribution is -0.131. The topological polar surface area (TPSA) is 66.4 Å². The summed E-state index contributed by atoms with van der Waals surface area (Å²) < 4.78 is 0.0595. The van der Waals surface area contributed by atoms with Crippen molar-refractivity contribution in [1.82, 2.24) is 5.32 Å². The number of carbonyl (C=O) groups excluding carboxylic acids is 1. The molecular weight excluding hydrogens is 306 g/mol. The van der Waals surface area contributed by atoms with Gasteiger partial charge in [-0.15, -0.1) is 11.3 Å². The summed E-state index contributed by atoms with van der Waals surface area (Å²) >= 11 is 3.09. The predicted octanol–water partition coefficient (Wildman–Crippen LogP) is 3.50. The third-order valence-electron chi connectivity index (χ3n) is 3.60. The molecule has 0 aliphatic heterocycles. The Kier molecular flexibility index (Phi) is 6.98. The van der Waals surface area contributed by atoms with Gasteiger partial charge in [-0.05, 0) is 42.2 Å². The van der Waals surface area contributed by atoms with E-state index in [1.54, 1.807) is 23.2 Å². The second kappa shape index (κ2) is 8.24. The normalized spacial score (nSPS) is 11.8. The summed E-state index contributed by atoms with van der Waals surface area (Å²) in [5.41, 5.74) is 0.641. The zero-order valence-corrected chi connectivity index (χ0v) is 14.1. The summed E-state index contributed by atoms with van der Waals surface area (Å²) in [7, 11) is 0. The molecule has 0 fully saturated rings. The van der Waals surface area contributed by atoms with Crippen LogP contribution >= 0.6 is 23.1 Å². The molecule has 0 aliphatic carbocycles. The van der Waals surface area contributed by atoms with E-state index in [0.717, 1.165) is 18.9 Å². The zero-order chi connectivity index (χ0) is 15.9. The van der Waals surface area contributed by atoms with Crippen molar-refractivity contribution in [3.63, 3.8) is 0 Å². The van der Waals surface area contributed by atoms with E-state index < -0.39 is 5.97 Å². The fraction of sp³-hybridized carbons (Fsp3) is 0.467. The Bertz CT molecular complexity index is 510. The van der Waals surface area contributed by atoms with Crippen LogP contribution in [0.2, 0.25) is 0 Å². The average Bonchev–Trinajstić information content (AvgIpc) is 2.95. The highest BCUT2D eigenvalue weighted by molar-refractivity contribution is 8.00. The van der Waals surface area contributed by atoms with Gasteiger partial charge in [0.15, 0.2) is 0 Å². The third-order valence-corrected chi connectivity index (χ3v) is 6.12. The largest absolute Gasteiger partial charge is 0.478 e. The molecule has 2 N–H and O–H groups in total. The van der Waals surface area contributed by atoms with Gasteiger partial charge in [-0.2, -0.15) is 11.8 Å². The van der Waals surface area contributed by atoms with E-state index in [4.69, 9.17) is 5.11 Å². The first-order valence-electron chi connectivity index (χ1n) is 6.80. The Balaban J connectivity index is 2.77. The smallest absolute Gasteiger partial charge is 0.328 e. The number of hydrogen-bond acceptors (Lipinski definition) is 4. The second-order valence-corrected chi connectivity index (χ2v) is 6.84. The van der Waals surface area contributed by atoms with Crippen molar-refractivity contribution in [2.75, 3.05) is 12.8 Å². The van der Waals surface area contributed by atoms with E-state index >= 15 is 0 Å². The van der Waals surface area contributed by atoms with Crippen LogP contribution in [0.5, 0.6) is 0 Å². The van der Waals surface area contributed by atoms with E-state index in [0.29, 0.717) is 17.0 Å². The van der Waals surface area contributed by atoms with Gasteiger partial charge in [-0.1, -0.05) is 13.8 Å². The molecular formula is C15H21NO3S2. The molecule has 0 aliphatic rings. The van der Waals surface area contributed by atoms with Gasteiger partial charge in [0.05, 0.1) is 4.88 Å². The summed E-state index contributed by atoms with van der Waals surface area (Å²) in [6, 6.07) is 1.75. The van der Waals surface area contributed by atoms with Crippen molar-refractivity contribution < 1.29 is 14.7 Å². The molecule has 1 aromatic heterocycles. The Morgan fingerprint density at radius 3 is 2.62 bits per heavy atom. The number of thioether (sulfide) groups is 1. The SMILES string of the molecule is CCC(CC)(CNC(=O)c1sccc1/C=C/C(=O)O)SC. The second-order valence-electron chi connectivity index (χ2n) is 4.65. The lowest BCUT2D eigenvalue weighted by atomic mass is 10.0. The molecule has 1 rings (SSSR count). The Hall–Kier alpha value is -1.27.